The number of hydrogen-bond donors (Lipinski definition) is 1. The average molecular weight is 250 g/mol. The SMILES string of the molecule is CCOCc1nc(N)cc(N(C)C(C)C2CC2)n1. The summed E-state index contributed by atoms with van der Waals surface area (Å²) < 4.78 is 5.33. The van der Waals surface area contributed by atoms with Gasteiger partial charge in [-0.2, -0.15) is 0 Å². The normalized spacial score (nSPS) is 16.6. The van der Waals surface area contributed by atoms with Gasteiger partial charge in [-0.05, 0) is 32.6 Å². The topological polar surface area (TPSA) is 64.3 Å². The second-order valence-corrected chi connectivity index (χ2v) is 4.89. The van der Waals surface area contributed by atoms with Crippen LogP contribution in [0.25, 0.3) is 0 Å². The zero-order valence-corrected chi connectivity index (χ0v) is 11.4. The maximum Gasteiger partial charge on any atom is 0.158 e. The lowest BCUT2D eigenvalue weighted by atomic mass is 10.2. The molecule has 1 aromatic heterocycles. The first-order valence-electron chi connectivity index (χ1n) is 6.55. The van der Waals surface area contributed by atoms with Crippen LogP contribution in [0.5, 0.6) is 0 Å². The Labute approximate surface area is 108 Å². The van der Waals surface area contributed by atoms with E-state index in [4.69, 9.17) is 10.5 Å². The monoisotopic (exact) mass is 250 g/mol. The molecule has 0 aliphatic heterocycles. The predicted molar refractivity (Wildman–Crippen MR) is 72.4 cm³/mol. The lowest BCUT2D eigenvalue weighted by Crippen LogP contribution is -2.31. The Balaban J connectivity index is 2.12. The van der Waals surface area contributed by atoms with Gasteiger partial charge in [-0.25, -0.2) is 9.97 Å². The van der Waals surface area contributed by atoms with Gasteiger partial charge in [0.05, 0.1) is 0 Å². The van der Waals surface area contributed by atoms with Crippen LogP contribution >= 0.6 is 0 Å². The number of rotatable bonds is 6. The minimum atomic E-state index is 0.417. The highest BCUT2D eigenvalue weighted by atomic mass is 16.5. The highest BCUT2D eigenvalue weighted by Crippen LogP contribution is 2.35. The molecule has 1 saturated carbocycles. The van der Waals surface area contributed by atoms with Crippen LogP contribution in [0.2, 0.25) is 0 Å². The molecule has 5 nitrogen and oxygen atoms in total. The van der Waals surface area contributed by atoms with Crippen LogP contribution in [0.15, 0.2) is 6.07 Å². The number of anilines is 2. The third-order valence-electron chi connectivity index (χ3n) is 3.49. The van der Waals surface area contributed by atoms with E-state index in [1.807, 2.05) is 13.0 Å². The largest absolute Gasteiger partial charge is 0.384 e. The van der Waals surface area contributed by atoms with Gasteiger partial charge in [0.1, 0.15) is 18.2 Å². The van der Waals surface area contributed by atoms with Crippen molar-refractivity contribution in [3.63, 3.8) is 0 Å². The van der Waals surface area contributed by atoms with Gasteiger partial charge in [-0.15, -0.1) is 0 Å². The zero-order valence-electron chi connectivity index (χ0n) is 11.4. The van der Waals surface area contributed by atoms with E-state index in [9.17, 15) is 0 Å². The molecule has 1 aliphatic rings. The molecule has 18 heavy (non-hydrogen) atoms. The molecule has 0 radical (unpaired) electrons. The number of nitrogens with zero attached hydrogens (tertiary/aromatic N) is 3. The highest BCUT2D eigenvalue weighted by molar-refractivity contribution is 5.47. The Bertz CT molecular complexity index is 406. The molecule has 0 bridgehead atoms. The Morgan fingerprint density at radius 2 is 2.22 bits per heavy atom. The molecule has 1 aliphatic carbocycles. The van der Waals surface area contributed by atoms with Crippen LogP contribution in [0.4, 0.5) is 11.6 Å². The highest BCUT2D eigenvalue weighted by Gasteiger charge is 2.31. The van der Waals surface area contributed by atoms with Crippen molar-refractivity contribution in [3.8, 4) is 0 Å². The molecule has 5 heteroatoms. The van der Waals surface area contributed by atoms with Gasteiger partial charge in [0.25, 0.3) is 0 Å². The van der Waals surface area contributed by atoms with Crippen LogP contribution in [0.3, 0.4) is 0 Å². The molecule has 0 aromatic carbocycles. The summed E-state index contributed by atoms with van der Waals surface area (Å²) in [7, 11) is 2.06. The molecular formula is C13H22N4O. The van der Waals surface area contributed by atoms with Crippen molar-refractivity contribution in [3.05, 3.63) is 11.9 Å². The first kappa shape index (κ1) is 13.1. The smallest absolute Gasteiger partial charge is 0.158 e. The average Bonchev–Trinajstić information content (AvgIpc) is 3.18. The van der Waals surface area contributed by atoms with Crippen LogP contribution in [0, 0.1) is 5.92 Å². The standard InChI is InChI=1S/C13H22N4O/c1-4-18-8-12-15-11(14)7-13(16-12)17(3)9(2)10-5-6-10/h7,9-10H,4-6,8H2,1-3H3,(H2,14,15,16). The molecule has 2 rings (SSSR count). The summed E-state index contributed by atoms with van der Waals surface area (Å²) >= 11 is 0. The van der Waals surface area contributed by atoms with Crippen molar-refractivity contribution in [1.82, 2.24) is 9.97 Å². The second-order valence-electron chi connectivity index (χ2n) is 4.89. The minimum absolute atomic E-state index is 0.417. The van der Waals surface area contributed by atoms with E-state index in [-0.39, 0.29) is 0 Å². The molecular weight excluding hydrogens is 228 g/mol. The van der Waals surface area contributed by atoms with Crippen LogP contribution < -0.4 is 10.6 Å². The van der Waals surface area contributed by atoms with Gasteiger partial charge in [0.15, 0.2) is 5.82 Å². The van der Waals surface area contributed by atoms with E-state index in [0.717, 1.165) is 11.7 Å². The molecule has 0 amide bonds. The maximum absolute atomic E-state index is 5.83. The van der Waals surface area contributed by atoms with E-state index in [1.165, 1.54) is 12.8 Å². The number of ether oxygens (including phenoxy) is 1. The Morgan fingerprint density at radius 3 is 2.83 bits per heavy atom. The Hall–Kier alpha value is -1.36. The first-order chi connectivity index (χ1) is 8.61. The van der Waals surface area contributed by atoms with E-state index in [2.05, 4.69) is 28.8 Å². The zero-order chi connectivity index (χ0) is 13.1. The van der Waals surface area contributed by atoms with Gasteiger partial charge in [-0.1, -0.05) is 0 Å². The van der Waals surface area contributed by atoms with Gasteiger partial charge in [0, 0.05) is 25.8 Å². The molecule has 0 saturated heterocycles. The minimum Gasteiger partial charge on any atom is -0.384 e. The van der Waals surface area contributed by atoms with Crippen molar-refractivity contribution in [2.24, 2.45) is 5.92 Å². The summed E-state index contributed by atoms with van der Waals surface area (Å²) in [6.07, 6.45) is 2.63. The van der Waals surface area contributed by atoms with E-state index in [0.29, 0.717) is 30.9 Å². The van der Waals surface area contributed by atoms with Crippen molar-refractivity contribution in [2.75, 3.05) is 24.3 Å². The summed E-state index contributed by atoms with van der Waals surface area (Å²) in [5.41, 5.74) is 5.83. The predicted octanol–water partition coefficient (Wildman–Crippen LogP) is 1.83. The summed E-state index contributed by atoms with van der Waals surface area (Å²) in [5.74, 6) is 2.84. The van der Waals surface area contributed by atoms with Gasteiger partial charge in [0.2, 0.25) is 0 Å². The van der Waals surface area contributed by atoms with Gasteiger partial charge >= 0.3 is 0 Å². The fourth-order valence-corrected chi connectivity index (χ4v) is 2.05. The van der Waals surface area contributed by atoms with Crippen LogP contribution in [0.1, 0.15) is 32.5 Å². The fourth-order valence-electron chi connectivity index (χ4n) is 2.05. The molecule has 2 N–H and O–H groups in total. The number of aromatic nitrogens is 2. The second kappa shape index (κ2) is 5.52. The molecule has 1 heterocycles. The summed E-state index contributed by atoms with van der Waals surface area (Å²) in [6, 6.07) is 2.33. The molecule has 1 unspecified atom stereocenters. The lowest BCUT2D eigenvalue weighted by molar-refractivity contribution is 0.128. The number of hydrogen-bond acceptors (Lipinski definition) is 5. The quantitative estimate of drug-likeness (QED) is 0.834. The lowest BCUT2D eigenvalue weighted by Gasteiger charge is -2.26. The van der Waals surface area contributed by atoms with E-state index >= 15 is 0 Å². The maximum atomic E-state index is 5.83. The molecule has 1 atom stereocenters. The third-order valence-corrected chi connectivity index (χ3v) is 3.49. The van der Waals surface area contributed by atoms with Crippen LogP contribution in [-0.2, 0) is 11.3 Å². The number of nitrogen functional groups attached to an aromatic ring is 1. The van der Waals surface area contributed by atoms with Crippen molar-refractivity contribution >= 4 is 11.6 Å². The third kappa shape index (κ3) is 3.10. The van der Waals surface area contributed by atoms with Gasteiger partial charge in [-0.3, -0.25) is 0 Å². The summed E-state index contributed by atoms with van der Waals surface area (Å²) in [4.78, 5) is 10.9. The Morgan fingerprint density at radius 1 is 1.50 bits per heavy atom. The molecule has 0 spiro atoms. The van der Waals surface area contributed by atoms with Gasteiger partial charge < -0.3 is 15.4 Å². The number of nitrogens with two attached hydrogens (primary N) is 1. The molecule has 1 aromatic rings. The fraction of sp³-hybridized carbons (Fsp3) is 0.692. The van der Waals surface area contributed by atoms with Crippen molar-refractivity contribution in [1.29, 1.82) is 0 Å². The van der Waals surface area contributed by atoms with E-state index in [1.54, 1.807) is 0 Å². The summed E-state index contributed by atoms with van der Waals surface area (Å²) in [6.45, 7) is 5.26. The van der Waals surface area contributed by atoms with E-state index < -0.39 is 0 Å². The van der Waals surface area contributed by atoms with Crippen molar-refractivity contribution in [2.45, 2.75) is 39.3 Å². The molecule has 1 fully saturated rings. The van der Waals surface area contributed by atoms with Crippen molar-refractivity contribution < 1.29 is 4.74 Å². The molecule has 100 valence electrons. The summed E-state index contributed by atoms with van der Waals surface area (Å²) in [5, 5.41) is 0. The van der Waals surface area contributed by atoms with Crippen LogP contribution in [-0.4, -0.2) is 29.7 Å². The Kier molecular flexibility index (Phi) is 4.01. The first-order valence-corrected chi connectivity index (χ1v) is 6.55.